The Morgan fingerprint density at radius 2 is 1.89 bits per heavy atom. The average Bonchev–Trinajstić information content (AvgIpc) is 3.63. The molecule has 1 aliphatic heterocycles. The van der Waals surface area contributed by atoms with Crippen molar-refractivity contribution in [2.45, 2.75) is 44.4 Å². The molecule has 1 saturated heterocycles. The number of aliphatic hydroxyl groups is 1. The van der Waals surface area contributed by atoms with Crippen LogP contribution in [0.4, 0.5) is 5.82 Å². The lowest BCUT2D eigenvalue weighted by Crippen LogP contribution is -2.36. The number of rotatable bonds is 11. The molecule has 14 heteroatoms. The van der Waals surface area contributed by atoms with E-state index in [1.807, 2.05) is 60.7 Å². The average molecular weight is 619 g/mol. The van der Waals surface area contributed by atoms with Crippen LogP contribution in [0, 0.1) is 0 Å². The van der Waals surface area contributed by atoms with E-state index in [9.17, 15) is 14.5 Å². The lowest BCUT2D eigenvalue weighted by molar-refractivity contribution is -0.146. The quantitative estimate of drug-likeness (QED) is 0.143. The van der Waals surface area contributed by atoms with Gasteiger partial charge in [0.2, 0.25) is 0 Å². The first kappa shape index (κ1) is 29.7. The van der Waals surface area contributed by atoms with Gasteiger partial charge in [0.05, 0.1) is 19.0 Å². The minimum absolute atomic E-state index is 0.0457. The zero-order valence-corrected chi connectivity index (χ0v) is 24.6. The van der Waals surface area contributed by atoms with Crippen LogP contribution in [-0.2, 0) is 30.0 Å². The van der Waals surface area contributed by atoms with Gasteiger partial charge < -0.3 is 24.8 Å². The Hall–Kier alpha value is -4.39. The van der Waals surface area contributed by atoms with E-state index < -0.39 is 38.2 Å². The van der Waals surface area contributed by atoms with Crippen molar-refractivity contribution in [1.82, 2.24) is 24.6 Å². The first-order valence-electron chi connectivity index (χ1n) is 14.0. The number of benzene rings is 3. The van der Waals surface area contributed by atoms with Gasteiger partial charge in [-0.05, 0) is 23.9 Å². The third kappa shape index (κ3) is 6.42. The summed E-state index contributed by atoms with van der Waals surface area (Å²) in [4.78, 5) is 25.3. The van der Waals surface area contributed by atoms with Gasteiger partial charge >= 0.3 is 13.7 Å². The van der Waals surface area contributed by atoms with E-state index in [0.717, 1.165) is 10.9 Å². The lowest BCUT2D eigenvalue weighted by Gasteiger charge is -2.25. The van der Waals surface area contributed by atoms with Gasteiger partial charge in [0.15, 0.2) is 11.5 Å². The molecule has 1 aliphatic rings. The molecule has 6 rings (SSSR count). The summed E-state index contributed by atoms with van der Waals surface area (Å²) in [6.45, 7) is 1.23. The summed E-state index contributed by atoms with van der Waals surface area (Å²) >= 11 is 0. The van der Waals surface area contributed by atoms with Gasteiger partial charge in [0, 0.05) is 11.8 Å². The maximum Gasteiger partial charge on any atom is 0.459 e. The number of nitrogens with two attached hydrogens (primary N) is 1. The van der Waals surface area contributed by atoms with E-state index in [0.29, 0.717) is 16.6 Å². The van der Waals surface area contributed by atoms with Gasteiger partial charge in [-0.2, -0.15) is 5.09 Å². The number of nitrogens with one attached hydrogen (secondary N) is 1. The molecular weight excluding hydrogens is 587 g/mol. The highest BCUT2D eigenvalue weighted by Gasteiger charge is 2.40. The number of carbonyl (C=O) groups is 1. The molecule has 3 aromatic carbocycles. The summed E-state index contributed by atoms with van der Waals surface area (Å²) < 4.78 is 39.2. The van der Waals surface area contributed by atoms with Crippen LogP contribution in [-0.4, -0.2) is 55.5 Å². The van der Waals surface area contributed by atoms with E-state index in [2.05, 4.69) is 20.0 Å². The molecule has 13 nitrogen and oxygen atoms in total. The Morgan fingerprint density at radius 3 is 2.73 bits per heavy atom. The predicted octanol–water partition coefficient (Wildman–Crippen LogP) is 4.14. The molecule has 228 valence electrons. The number of esters is 1. The van der Waals surface area contributed by atoms with Crippen molar-refractivity contribution >= 4 is 41.5 Å². The third-order valence-electron chi connectivity index (χ3n) is 7.21. The molecule has 4 N–H and O–H groups in total. The normalized spacial score (nSPS) is 20.4. The third-order valence-corrected chi connectivity index (χ3v) is 8.84. The van der Waals surface area contributed by atoms with Gasteiger partial charge in [-0.25, -0.2) is 19.5 Å². The summed E-state index contributed by atoms with van der Waals surface area (Å²) in [6.07, 6.45) is 0.513. The van der Waals surface area contributed by atoms with Gasteiger partial charge in [0.25, 0.3) is 0 Å². The molecule has 0 saturated carbocycles. The van der Waals surface area contributed by atoms with E-state index in [4.69, 9.17) is 24.3 Å². The first-order chi connectivity index (χ1) is 21.3. The van der Waals surface area contributed by atoms with E-state index in [-0.39, 0.29) is 31.2 Å². The number of carbonyl (C=O) groups excluding carboxylic acids is 1. The van der Waals surface area contributed by atoms with Crippen molar-refractivity contribution in [3.05, 3.63) is 91.0 Å². The van der Waals surface area contributed by atoms with E-state index in [1.54, 1.807) is 16.7 Å². The maximum absolute atomic E-state index is 14.3. The van der Waals surface area contributed by atoms with Gasteiger partial charge in [0.1, 0.15) is 42.6 Å². The molecule has 0 spiro atoms. The largest absolute Gasteiger partial charge is 0.460 e. The second kappa shape index (κ2) is 12.7. The smallest absolute Gasteiger partial charge is 0.459 e. The lowest BCUT2D eigenvalue weighted by atomic mass is 10.1. The SMILES string of the molecule is C[C@H](NP(=O)(OCC1O[C@@H](n2cnc3c(N)ncnc32)C[C@H]1O)Oc1cccc2ccccc12)C(=O)OCc1ccccc1. The van der Waals surface area contributed by atoms with Crippen molar-refractivity contribution in [2.75, 3.05) is 12.3 Å². The zero-order chi connectivity index (χ0) is 30.7. The number of nitrogen functional groups attached to an aromatic ring is 1. The summed E-state index contributed by atoms with van der Waals surface area (Å²) in [7, 11) is -4.25. The molecule has 2 unspecified atom stereocenters. The summed E-state index contributed by atoms with van der Waals surface area (Å²) in [5, 5.41) is 15.1. The predicted molar refractivity (Wildman–Crippen MR) is 161 cm³/mol. The molecule has 0 bridgehead atoms. The Balaban J connectivity index is 1.19. The molecule has 5 aromatic rings. The molecule has 0 radical (unpaired) electrons. The minimum atomic E-state index is -4.25. The zero-order valence-electron chi connectivity index (χ0n) is 23.7. The van der Waals surface area contributed by atoms with Crippen LogP contribution in [0.25, 0.3) is 21.9 Å². The molecule has 0 amide bonds. The highest BCUT2D eigenvalue weighted by Crippen LogP contribution is 2.47. The van der Waals surface area contributed by atoms with Crippen LogP contribution in [0.15, 0.2) is 85.5 Å². The number of ether oxygens (including phenoxy) is 2. The van der Waals surface area contributed by atoms with Crippen LogP contribution in [0.5, 0.6) is 5.75 Å². The topological polar surface area (TPSA) is 173 Å². The number of aromatic nitrogens is 4. The second-order valence-electron chi connectivity index (χ2n) is 10.3. The number of aliphatic hydroxyl groups excluding tert-OH is 1. The van der Waals surface area contributed by atoms with Gasteiger partial charge in [-0.15, -0.1) is 0 Å². The molecule has 5 atom stereocenters. The standard InChI is InChI=1S/C30H31N6O7P/c1-19(30(38)40-15-20-8-3-2-4-9-20)35-44(39,43-24-13-7-11-21-10-5-6-12-22(21)24)41-16-25-23(37)14-26(42-25)36-18-34-27-28(31)32-17-33-29(27)36/h2-13,17-19,23,25-26,37H,14-16H2,1H3,(H,35,39)(H2,31,32,33)/t19-,23+,25?,26+,44?/m0/s1. The highest BCUT2D eigenvalue weighted by molar-refractivity contribution is 7.52. The number of nitrogens with zero attached hydrogens (tertiary/aromatic N) is 4. The molecule has 3 heterocycles. The van der Waals surface area contributed by atoms with Gasteiger partial charge in [-0.1, -0.05) is 66.7 Å². The first-order valence-corrected chi connectivity index (χ1v) is 15.5. The molecular formula is C30H31N6O7P. The number of imidazole rings is 1. The summed E-state index contributed by atoms with van der Waals surface area (Å²) in [5.74, 6) is -0.137. The van der Waals surface area contributed by atoms with Crippen molar-refractivity contribution in [2.24, 2.45) is 0 Å². The molecule has 1 fully saturated rings. The fraction of sp³-hybridized carbons (Fsp3) is 0.267. The van der Waals surface area contributed by atoms with Crippen molar-refractivity contribution in [3.63, 3.8) is 0 Å². The second-order valence-corrected chi connectivity index (χ2v) is 12.0. The number of hydrogen-bond donors (Lipinski definition) is 3. The summed E-state index contributed by atoms with van der Waals surface area (Å²) in [5.41, 5.74) is 7.57. The van der Waals surface area contributed by atoms with Crippen molar-refractivity contribution < 1.29 is 33.0 Å². The van der Waals surface area contributed by atoms with Crippen molar-refractivity contribution in [1.29, 1.82) is 0 Å². The van der Waals surface area contributed by atoms with Crippen LogP contribution in [0.1, 0.15) is 25.1 Å². The van der Waals surface area contributed by atoms with Crippen LogP contribution < -0.4 is 15.3 Å². The van der Waals surface area contributed by atoms with Crippen LogP contribution in [0.3, 0.4) is 0 Å². The molecule has 44 heavy (non-hydrogen) atoms. The molecule has 0 aliphatic carbocycles. The molecule has 2 aromatic heterocycles. The number of hydrogen-bond acceptors (Lipinski definition) is 11. The van der Waals surface area contributed by atoms with Crippen LogP contribution >= 0.6 is 7.75 Å². The minimum Gasteiger partial charge on any atom is -0.460 e. The van der Waals surface area contributed by atoms with E-state index in [1.165, 1.54) is 19.6 Å². The van der Waals surface area contributed by atoms with E-state index >= 15 is 0 Å². The Morgan fingerprint density at radius 1 is 1.11 bits per heavy atom. The monoisotopic (exact) mass is 618 g/mol. The fourth-order valence-corrected chi connectivity index (χ4v) is 6.45. The fourth-order valence-electron chi connectivity index (χ4n) is 4.93. The Bertz CT molecular complexity index is 1810. The summed E-state index contributed by atoms with van der Waals surface area (Å²) in [6, 6.07) is 20.9. The van der Waals surface area contributed by atoms with Gasteiger partial charge in [-0.3, -0.25) is 13.9 Å². The van der Waals surface area contributed by atoms with Crippen molar-refractivity contribution in [3.8, 4) is 5.75 Å². The Kier molecular flexibility index (Phi) is 8.56. The number of anilines is 1. The maximum atomic E-state index is 14.3. The highest BCUT2D eigenvalue weighted by atomic mass is 31.2. The number of fused-ring (bicyclic) bond motifs is 2. The Labute approximate surface area is 252 Å². The van der Waals surface area contributed by atoms with Crippen LogP contribution in [0.2, 0.25) is 0 Å².